The normalized spacial score (nSPS) is 20.3. The smallest absolute Gasteiger partial charge is 0.331 e. The topological polar surface area (TPSA) is 80.8 Å². The predicted octanol–water partition coefficient (Wildman–Crippen LogP) is 4.06. The number of epoxide rings is 2. The van der Waals surface area contributed by atoms with E-state index in [1.54, 1.807) is 13.0 Å². The lowest BCUT2D eigenvalue weighted by Gasteiger charge is -2.27. The molecule has 0 saturated carbocycles. The van der Waals surface area contributed by atoms with Gasteiger partial charge in [-0.2, -0.15) is 0 Å². The number of benzene rings is 2. The Labute approximate surface area is 182 Å². The lowest BCUT2D eigenvalue weighted by molar-refractivity contribution is -0.132. The van der Waals surface area contributed by atoms with Gasteiger partial charge in [0.2, 0.25) is 0 Å². The molecule has 2 aromatic carbocycles. The summed E-state index contributed by atoms with van der Waals surface area (Å²) in [5.74, 6) is 0.525. The Morgan fingerprint density at radius 1 is 1.03 bits per heavy atom. The molecule has 0 bridgehead atoms. The summed E-state index contributed by atoms with van der Waals surface area (Å²) in [6, 6.07) is 14.0. The Hall–Kier alpha value is -2.83. The number of carboxylic acids is 1. The lowest BCUT2D eigenvalue weighted by atomic mass is 9.77. The Bertz CT molecular complexity index is 968. The minimum absolute atomic E-state index is 0.126. The summed E-state index contributed by atoms with van der Waals surface area (Å²) < 4.78 is 22.0. The first kappa shape index (κ1) is 21.4. The van der Waals surface area contributed by atoms with Crippen LogP contribution in [0.25, 0.3) is 6.08 Å². The molecule has 2 aliphatic heterocycles. The van der Waals surface area contributed by atoms with Gasteiger partial charge >= 0.3 is 5.97 Å². The molecule has 2 heterocycles. The van der Waals surface area contributed by atoms with Crippen LogP contribution >= 0.6 is 0 Å². The molecule has 1 N–H and O–H groups in total. The highest BCUT2D eigenvalue weighted by Gasteiger charge is 2.27. The molecule has 0 aromatic heterocycles. The summed E-state index contributed by atoms with van der Waals surface area (Å²) in [7, 11) is 0. The molecule has 0 spiro atoms. The van der Waals surface area contributed by atoms with Gasteiger partial charge in [0.15, 0.2) is 0 Å². The predicted molar refractivity (Wildman–Crippen MR) is 117 cm³/mol. The maximum atomic E-state index is 11.4. The van der Waals surface area contributed by atoms with Crippen molar-refractivity contribution < 1.29 is 28.8 Å². The van der Waals surface area contributed by atoms with Gasteiger partial charge in [-0.25, -0.2) is 4.79 Å². The third-order valence-corrected chi connectivity index (χ3v) is 5.68. The van der Waals surface area contributed by atoms with Gasteiger partial charge in [0.25, 0.3) is 0 Å². The number of ether oxygens (including phenoxy) is 4. The lowest BCUT2D eigenvalue weighted by Crippen LogP contribution is -2.19. The van der Waals surface area contributed by atoms with Crippen LogP contribution in [0, 0.1) is 0 Å². The monoisotopic (exact) mass is 424 g/mol. The Balaban J connectivity index is 1.58. The standard InChI is InChI=1S/C25H28O6/c1-16(24(26)27)10-17-11-19(6-9-23(17)31-15-22-14-30-22)25(2,3)18-4-7-20(8-5-18)28-12-21-13-29-21/h4-11,21-22H,12-15H2,1-3H3,(H,26,27). The van der Waals surface area contributed by atoms with Crippen molar-refractivity contribution in [3.05, 3.63) is 64.7 Å². The summed E-state index contributed by atoms with van der Waals surface area (Å²) in [5.41, 5.74) is 2.90. The molecule has 164 valence electrons. The molecule has 4 rings (SSSR count). The molecule has 2 atom stereocenters. The van der Waals surface area contributed by atoms with Crippen LogP contribution in [0.2, 0.25) is 0 Å². The average molecular weight is 424 g/mol. The Morgan fingerprint density at radius 2 is 1.61 bits per heavy atom. The maximum Gasteiger partial charge on any atom is 0.331 e. The van der Waals surface area contributed by atoms with Crippen LogP contribution < -0.4 is 9.47 Å². The van der Waals surface area contributed by atoms with E-state index in [0.717, 1.165) is 29.0 Å². The number of carboxylic acid groups (broad SMARTS) is 1. The SMILES string of the molecule is CC(=Cc1cc(C(C)(C)c2ccc(OCC3CO3)cc2)ccc1OCC1CO1)C(=O)O. The van der Waals surface area contributed by atoms with E-state index in [1.807, 2.05) is 30.3 Å². The highest BCUT2D eigenvalue weighted by atomic mass is 16.6. The Morgan fingerprint density at radius 3 is 2.19 bits per heavy atom. The zero-order chi connectivity index (χ0) is 22.0. The average Bonchev–Trinajstić information content (AvgIpc) is 3.66. The minimum Gasteiger partial charge on any atom is -0.491 e. The van der Waals surface area contributed by atoms with E-state index in [-0.39, 0.29) is 23.2 Å². The molecule has 2 unspecified atom stereocenters. The van der Waals surface area contributed by atoms with Crippen molar-refractivity contribution in [3.63, 3.8) is 0 Å². The van der Waals surface area contributed by atoms with Gasteiger partial charge < -0.3 is 24.1 Å². The minimum atomic E-state index is -0.951. The summed E-state index contributed by atoms with van der Waals surface area (Å²) in [6.07, 6.45) is 2.01. The van der Waals surface area contributed by atoms with Gasteiger partial charge in [-0.15, -0.1) is 0 Å². The fraction of sp³-hybridized carbons (Fsp3) is 0.400. The molecule has 2 aromatic rings. The Kier molecular flexibility index (Phi) is 6.03. The van der Waals surface area contributed by atoms with Gasteiger partial charge in [-0.05, 0) is 48.4 Å². The molecule has 0 aliphatic carbocycles. The first-order valence-corrected chi connectivity index (χ1v) is 10.5. The van der Waals surface area contributed by atoms with Gasteiger partial charge in [0.05, 0.1) is 13.2 Å². The van der Waals surface area contributed by atoms with Gasteiger partial charge in [-0.1, -0.05) is 32.0 Å². The van der Waals surface area contributed by atoms with Crippen molar-refractivity contribution in [2.75, 3.05) is 26.4 Å². The summed E-state index contributed by atoms with van der Waals surface area (Å²) >= 11 is 0. The largest absolute Gasteiger partial charge is 0.491 e. The first-order valence-electron chi connectivity index (χ1n) is 10.5. The van der Waals surface area contributed by atoms with Crippen molar-refractivity contribution in [1.82, 2.24) is 0 Å². The van der Waals surface area contributed by atoms with Crippen LogP contribution in [0.15, 0.2) is 48.0 Å². The van der Waals surface area contributed by atoms with E-state index in [9.17, 15) is 9.90 Å². The molecule has 2 aliphatic rings. The van der Waals surface area contributed by atoms with E-state index >= 15 is 0 Å². The van der Waals surface area contributed by atoms with Crippen LogP contribution in [0.3, 0.4) is 0 Å². The summed E-state index contributed by atoms with van der Waals surface area (Å²) in [5, 5.41) is 9.33. The second kappa shape index (κ2) is 8.73. The van der Waals surface area contributed by atoms with Crippen LogP contribution in [0.5, 0.6) is 11.5 Å². The number of carbonyl (C=O) groups is 1. The second-order valence-electron chi connectivity index (χ2n) is 8.57. The van der Waals surface area contributed by atoms with Crippen molar-refractivity contribution in [3.8, 4) is 11.5 Å². The van der Waals surface area contributed by atoms with Gasteiger partial charge in [0.1, 0.15) is 36.9 Å². The fourth-order valence-electron chi connectivity index (χ4n) is 3.31. The number of aliphatic carboxylic acids is 1. The summed E-state index contributed by atoms with van der Waals surface area (Å²) in [4.78, 5) is 11.4. The van der Waals surface area contributed by atoms with Crippen molar-refractivity contribution in [2.24, 2.45) is 0 Å². The molecule has 0 radical (unpaired) electrons. The number of hydrogen-bond donors (Lipinski definition) is 1. The van der Waals surface area contributed by atoms with Gasteiger partial charge in [0, 0.05) is 16.6 Å². The zero-order valence-electron chi connectivity index (χ0n) is 18.1. The molecule has 6 nitrogen and oxygen atoms in total. The van der Waals surface area contributed by atoms with Gasteiger partial charge in [-0.3, -0.25) is 0 Å². The molecular weight excluding hydrogens is 396 g/mol. The highest BCUT2D eigenvalue weighted by Crippen LogP contribution is 2.36. The molecule has 2 saturated heterocycles. The van der Waals surface area contributed by atoms with Crippen LogP contribution in [0.4, 0.5) is 0 Å². The third kappa shape index (κ3) is 5.46. The zero-order valence-corrected chi connectivity index (χ0v) is 18.1. The number of hydrogen-bond acceptors (Lipinski definition) is 5. The highest BCUT2D eigenvalue weighted by molar-refractivity contribution is 5.92. The van der Waals surface area contributed by atoms with Crippen molar-refractivity contribution >= 4 is 12.0 Å². The van der Waals surface area contributed by atoms with E-state index in [1.165, 1.54) is 0 Å². The first-order chi connectivity index (χ1) is 14.8. The number of rotatable bonds is 10. The fourth-order valence-corrected chi connectivity index (χ4v) is 3.31. The van der Waals surface area contributed by atoms with E-state index in [4.69, 9.17) is 18.9 Å². The molecular formula is C25H28O6. The van der Waals surface area contributed by atoms with Crippen molar-refractivity contribution in [1.29, 1.82) is 0 Å². The van der Waals surface area contributed by atoms with Crippen molar-refractivity contribution in [2.45, 2.75) is 38.4 Å². The molecule has 2 fully saturated rings. The maximum absolute atomic E-state index is 11.4. The molecule has 31 heavy (non-hydrogen) atoms. The molecule has 6 heteroatoms. The van der Waals surface area contributed by atoms with Crippen LogP contribution in [-0.4, -0.2) is 49.7 Å². The van der Waals surface area contributed by atoms with E-state index in [0.29, 0.717) is 25.6 Å². The third-order valence-electron chi connectivity index (χ3n) is 5.68. The van der Waals surface area contributed by atoms with E-state index < -0.39 is 5.97 Å². The molecule has 0 amide bonds. The quantitative estimate of drug-likeness (QED) is 0.458. The summed E-state index contributed by atoms with van der Waals surface area (Å²) in [6.45, 7) is 8.39. The van der Waals surface area contributed by atoms with Crippen LogP contribution in [0.1, 0.15) is 37.5 Å². The second-order valence-corrected chi connectivity index (χ2v) is 8.57. The van der Waals surface area contributed by atoms with E-state index in [2.05, 4.69) is 26.0 Å². The van der Waals surface area contributed by atoms with Crippen LogP contribution in [-0.2, 0) is 19.7 Å².